The predicted molar refractivity (Wildman–Crippen MR) is 49.7 cm³/mol. The summed E-state index contributed by atoms with van der Waals surface area (Å²) in [6.07, 6.45) is 2.13. The van der Waals surface area contributed by atoms with Crippen molar-refractivity contribution in [2.75, 3.05) is 26.8 Å². The maximum absolute atomic E-state index is 11.2. The van der Waals surface area contributed by atoms with E-state index in [0.29, 0.717) is 0 Å². The molecule has 0 radical (unpaired) electrons. The Hall–Kier alpha value is -0.120. The Kier molecular flexibility index (Phi) is 6.34. The second-order valence-electron chi connectivity index (χ2n) is 2.94. The van der Waals surface area contributed by atoms with E-state index in [1.165, 1.54) is 0 Å². The van der Waals surface area contributed by atoms with Gasteiger partial charge in [-0.15, -0.1) is 12.4 Å². The molecule has 1 heterocycles. The minimum atomic E-state index is 0. The van der Waals surface area contributed by atoms with Crippen molar-refractivity contribution in [3.8, 4) is 0 Å². The highest BCUT2D eigenvalue weighted by Gasteiger charge is 2.19. The van der Waals surface area contributed by atoms with E-state index in [-0.39, 0.29) is 30.7 Å². The van der Waals surface area contributed by atoms with E-state index in [1.54, 1.807) is 7.11 Å². The van der Waals surface area contributed by atoms with Crippen LogP contribution in [0.15, 0.2) is 0 Å². The summed E-state index contributed by atoms with van der Waals surface area (Å²) in [5.41, 5.74) is 0. The molecule has 0 aromatic rings. The van der Waals surface area contributed by atoms with Gasteiger partial charge < -0.3 is 10.1 Å². The molecule has 12 heavy (non-hydrogen) atoms. The fourth-order valence-corrected chi connectivity index (χ4v) is 1.39. The molecule has 0 aromatic carbocycles. The summed E-state index contributed by atoms with van der Waals surface area (Å²) < 4.78 is 4.78. The first kappa shape index (κ1) is 11.9. The van der Waals surface area contributed by atoms with Gasteiger partial charge >= 0.3 is 0 Å². The molecule has 1 rings (SSSR count). The number of carbonyl (C=O) groups excluding carboxylic acids is 1. The molecule has 3 nitrogen and oxygen atoms in total. The maximum atomic E-state index is 11.2. The third-order valence-electron chi connectivity index (χ3n) is 2.04. The van der Waals surface area contributed by atoms with Crippen molar-refractivity contribution in [1.29, 1.82) is 0 Å². The van der Waals surface area contributed by atoms with E-state index in [1.807, 2.05) is 0 Å². The van der Waals surface area contributed by atoms with Crippen molar-refractivity contribution < 1.29 is 9.53 Å². The number of hydrogen-bond acceptors (Lipinski definition) is 3. The van der Waals surface area contributed by atoms with Crippen LogP contribution in [0.25, 0.3) is 0 Å². The molecule has 0 aromatic heterocycles. The van der Waals surface area contributed by atoms with E-state index < -0.39 is 0 Å². The van der Waals surface area contributed by atoms with Crippen molar-refractivity contribution in [1.82, 2.24) is 5.32 Å². The van der Waals surface area contributed by atoms with Gasteiger partial charge in [-0.1, -0.05) is 0 Å². The number of Topliss-reactive ketones (excluding diaryl/α,β-unsaturated/α-hetero) is 1. The number of piperidine rings is 1. The monoisotopic (exact) mass is 193 g/mol. The zero-order chi connectivity index (χ0) is 8.10. The normalized spacial score (nSPS) is 22.9. The van der Waals surface area contributed by atoms with Crippen LogP contribution in [-0.2, 0) is 9.53 Å². The van der Waals surface area contributed by atoms with Crippen molar-refractivity contribution in [3.05, 3.63) is 0 Å². The number of hydrogen-bond donors (Lipinski definition) is 1. The Labute approximate surface area is 79.3 Å². The largest absolute Gasteiger partial charge is 0.377 e. The Morgan fingerprint density at radius 2 is 2.42 bits per heavy atom. The van der Waals surface area contributed by atoms with Crippen LogP contribution < -0.4 is 5.32 Å². The lowest BCUT2D eigenvalue weighted by Gasteiger charge is -2.20. The molecular weight excluding hydrogens is 178 g/mol. The Bertz CT molecular complexity index is 135. The van der Waals surface area contributed by atoms with Crippen LogP contribution in [0.3, 0.4) is 0 Å². The highest BCUT2D eigenvalue weighted by molar-refractivity contribution is 5.85. The molecule has 1 aliphatic rings. The summed E-state index contributed by atoms with van der Waals surface area (Å²) in [7, 11) is 1.56. The molecule has 1 N–H and O–H groups in total. The second-order valence-corrected chi connectivity index (χ2v) is 2.94. The topological polar surface area (TPSA) is 38.3 Å². The fraction of sp³-hybridized carbons (Fsp3) is 0.875. The quantitative estimate of drug-likeness (QED) is 0.715. The molecule has 0 amide bonds. The van der Waals surface area contributed by atoms with Gasteiger partial charge in [0.05, 0.1) is 0 Å². The molecule has 1 fully saturated rings. The summed E-state index contributed by atoms with van der Waals surface area (Å²) in [5.74, 6) is 0.434. The average Bonchev–Trinajstić information content (AvgIpc) is 2.07. The van der Waals surface area contributed by atoms with Gasteiger partial charge in [0.25, 0.3) is 0 Å². The van der Waals surface area contributed by atoms with Crippen LogP contribution in [0, 0.1) is 5.92 Å². The number of halogens is 1. The van der Waals surface area contributed by atoms with Crippen molar-refractivity contribution >= 4 is 18.2 Å². The van der Waals surface area contributed by atoms with E-state index in [0.717, 1.165) is 25.9 Å². The maximum Gasteiger partial charge on any atom is 0.162 e. The number of rotatable bonds is 3. The average molecular weight is 194 g/mol. The molecule has 0 saturated carbocycles. The number of nitrogens with one attached hydrogen (secondary N) is 1. The molecule has 1 saturated heterocycles. The smallest absolute Gasteiger partial charge is 0.162 e. The van der Waals surface area contributed by atoms with Gasteiger partial charge in [-0.3, -0.25) is 4.79 Å². The van der Waals surface area contributed by atoms with Crippen LogP contribution in [-0.4, -0.2) is 32.6 Å². The molecule has 1 aliphatic heterocycles. The minimum absolute atomic E-state index is 0. The standard InChI is InChI=1S/C8H15NO2.ClH/c1-11-6-8(10)7-3-2-4-9-5-7;/h7,9H,2-6H2,1H3;1H. The summed E-state index contributed by atoms with van der Waals surface area (Å²) in [4.78, 5) is 11.2. The van der Waals surface area contributed by atoms with Gasteiger partial charge in [0.15, 0.2) is 5.78 Å². The van der Waals surface area contributed by atoms with Gasteiger partial charge in [0.2, 0.25) is 0 Å². The van der Waals surface area contributed by atoms with Crippen molar-refractivity contribution in [2.24, 2.45) is 5.92 Å². The lowest BCUT2D eigenvalue weighted by atomic mass is 9.96. The van der Waals surface area contributed by atoms with Crippen molar-refractivity contribution in [2.45, 2.75) is 12.8 Å². The lowest BCUT2D eigenvalue weighted by Crippen LogP contribution is -2.35. The second kappa shape index (κ2) is 6.40. The van der Waals surface area contributed by atoms with Gasteiger partial charge in [0, 0.05) is 19.6 Å². The number of ketones is 1. The first-order chi connectivity index (χ1) is 5.34. The van der Waals surface area contributed by atoms with E-state index in [9.17, 15) is 4.79 Å². The van der Waals surface area contributed by atoms with Crippen LogP contribution in [0.5, 0.6) is 0 Å². The zero-order valence-electron chi connectivity index (χ0n) is 7.34. The fourth-order valence-electron chi connectivity index (χ4n) is 1.39. The first-order valence-corrected chi connectivity index (χ1v) is 4.07. The molecule has 1 atom stereocenters. The molecule has 72 valence electrons. The summed E-state index contributed by atoms with van der Waals surface area (Å²) in [5, 5.41) is 3.20. The third-order valence-corrected chi connectivity index (χ3v) is 2.04. The summed E-state index contributed by atoms with van der Waals surface area (Å²) in [6.45, 7) is 2.16. The highest BCUT2D eigenvalue weighted by Crippen LogP contribution is 2.10. The molecule has 1 unspecified atom stereocenters. The molecule has 0 spiro atoms. The molecule has 4 heteroatoms. The SMILES string of the molecule is COCC(=O)C1CCCNC1.Cl. The van der Waals surface area contributed by atoms with Gasteiger partial charge in [0.1, 0.15) is 6.61 Å². The van der Waals surface area contributed by atoms with Crippen LogP contribution >= 0.6 is 12.4 Å². The van der Waals surface area contributed by atoms with Gasteiger partial charge in [-0.05, 0) is 19.4 Å². The Morgan fingerprint density at radius 3 is 2.92 bits per heavy atom. The molecule has 0 aliphatic carbocycles. The van der Waals surface area contributed by atoms with E-state index >= 15 is 0 Å². The lowest BCUT2D eigenvalue weighted by molar-refractivity contribution is -0.127. The Balaban J connectivity index is 0.00000121. The van der Waals surface area contributed by atoms with E-state index in [4.69, 9.17) is 4.74 Å². The number of methoxy groups -OCH3 is 1. The van der Waals surface area contributed by atoms with Crippen LogP contribution in [0.1, 0.15) is 12.8 Å². The van der Waals surface area contributed by atoms with Gasteiger partial charge in [-0.2, -0.15) is 0 Å². The summed E-state index contributed by atoms with van der Waals surface area (Å²) in [6, 6.07) is 0. The third kappa shape index (κ3) is 3.52. The van der Waals surface area contributed by atoms with Gasteiger partial charge in [-0.25, -0.2) is 0 Å². The van der Waals surface area contributed by atoms with E-state index in [2.05, 4.69) is 5.32 Å². The Morgan fingerprint density at radius 1 is 1.67 bits per heavy atom. The van der Waals surface area contributed by atoms with Crippen LogP contribution in [0.2, 0.25) is 0 Å². The highest BCUT2D eigenvalue weighted by atomic mass is 35.5. The first-order valence-electron chi connectivity index (χ1n) is 4.07. The van der Waals surface area contributed by atoms with Crippen molar-refractivity contribution in [3.63, 3.8) is 0 Å². The van der Waals surface area contributed by atoms with Crippen LogP contribution in [0.4, 0.5) is 0 Å². The zero-order valence-corrected chi connectivity index (χ0v) is 8.15. The summed E-state index contributed by atoms with van der Waals surface area (Å²) >= 11 is 0. The number of ether oxygens (including phenoxy) is 1. The minimum Gasteiger partial charge on any atom is -0.377 e. The number of carbonyl (C=O) groups is 1. The predicted octanol–water partition coefficient (Wildman–Crippen LogP) is 0.623. The molecular formula is C8H16ClNO2. The molecule has 0 bridgehead atoms.